The zero-order valence-electron chi connectivity index (χ0n) is 11.5. The lowest BCUT2D eigenvalue weighted by molar-refractivity contribution is 0.0717. The van der Waals surface area contributed by atoms with Gasteiger partial charge in [0.2, 0.25) is 0 Å². The van der Waals surface area contributed by atoms with Gasteiger partial charge >= 0.3 is 0 Å². The van der Waals surface area contributed by atoms with Crippen molar-refractivity contribution in [2.24, 2.45) is 5.92 Å². The summed E-state index contributed by atoms with van der Waals surface area (Å²) in [5.41, 5.74) is 0.0723. The summed E-state index contributed by atoms with van der Waals surface area (Å²) >= 11 is 9.25. The fourth-order valence-corrected chi connectivity index (χ4v) is 3.08. The van der Waals surface area contributed by atoms with Gasteiger partial charge in [0.05, 0.1) is 17.2 Å². The molecule has 2 rings (SSSR count). The number of hydrogen-bond acceptors (Lipinski definition) is 2. The van der Waals surface area contributed by atoms with E-state index in [1.54, 1.807) is 18.2 Å². The van der Waals surface area contributed by atoms with Crippen LogP contribution in [0, 0.1) is 5.92 Å². The summed E-state index contributed by atoms with van der Waals surface area (Å²) in [5.74, 6) is 0.502. The van der Waals surface area contributed by atoms with Gasteiger partial charge < -0.3 is 10.4 Å². The summed E-state index contributed by atoms with van der Waals surface area (Å²) in [6.45, 7) is 2.19. The predicted octanol–water partition coefficient (Wildman–Crippen LogP) is 3.77. The Bertz CT molecular complexity index is 499. The Hall–Kier alpha value is -0.580. The maximum absolute atomic E-state index is 12.3. The highest BCUT2D eigenvalue weighted by Crippen LogP contribution is 2.32. The van der Waals surface area contributed by atoms with Crippen LogP contribution in [0.2, 0.25) is 5.02 Å². The monoisotopic (exact) mass is 359 g/mol. The lowest BCUT2D eigenvalue weighted by atomic mass is 9.77. The molecule has 110 valence electrons. The highest BCUT2D eigenvalue weighted by atomic mass is 79.9. The van der Waals surface area contributed by atoms with Crippen molar-refractivity contribution in [3.8, 4) is 0 Å². The first-order valence-electron chi connectivity index (χ1n) is 6.84. The van der Waals surface area contributed by atoms with Crippen LogP contribution in [0.25, 0.3) is 0 Å². The van der Waals surface area contributed by atoms with Crippen LogP contribution >= 0.6 is 27.5 Å². The van der Waals surface area contributed by atoms with Crippen LogP contribution in [-0.2, 0) is 0 Å². The Balaban J connectivity index is 2.11. The van der Waals surface area contributed by atoms with E-state index >= 15 is 0 Å². The van der Waals surface area contributed by atoms with E-state index in [0.717, 1.165) is 25.7 Å². The van der Waals surface area contributed by atoms with Crippen LogP contribution in [0.3, 0.4) is 0 Å². The zero-order chi connectivity index (χ0) is 14.8. The minimum atomic E-state index is -0.476. The zero-order valence-corrected chi connectivity index (χ0v) is 13.8. The van der Waals surface area contributed by atoms with Gasteiger partial charge in [-0.2, -0.15) is 0 Å². The lowest BCUT2D eigenvalue weighted by Gasteiger charge is -2.38. The molecule has 0 bridgehead atoms. The fourth-order valence-electron chi connectivity index (χ4n) is 2.59. The van der Waals surface area contributed by atoms with E-state index in [1.807, 2.05) is 0 Å². The van der Waals surface area contributed by atoms with Crippen molar-refractivity contribution in [3.63, 3.8) is 0 Å². The lowest BCUT2D eigenvalue weighted by Crippen LogP contribution is -2.53. The topological polar surface area (TPSA) is 49.3 Å². The number of carbonyl (C=O) groups is 1. The highest BCUT2D eigenvalue weighted by Gasteiger charge is 2.35. The molecule has 0 aliphatic heterocycles. The molecule has 3 nitrogen and oxygen atoms in total. The molecule has 0 saturated heterocycles. The summed E-state index contributed by atoms with van der Waals surface area (Å²) in [6, 6.07) is 5.09. The van der Waals surface area contributed by atoms with Gasteiger partial charge in [0.25, 0.3) is 5.91 Å². The van der Waals surface area contributed by atoms with E-state index in [1.165, 1.54) is 0 Å². The summed E-state index contributed by atoms with van der Waals surface area (Å²) < 4.78 is 0.696. The van der Waals surface area contributed by atoms with E-state index < -0.39 is 5.54 Å². The summed E-state index contributed by atoms with van der Waals surface area (Å²) in [5, 5.41) is 13.3. The number of amides is 1. The van der Waals surface area contributed by atoms with E-state index in [0.29, 0.717) is 21.0 Å². The Kier molecular flexibility index (Phi) is 5.10. The average Bonchev–Trinajstić information content (AvgIpc) is 2.44. The molecule has 5 heteroatoms. The third-order valence-corrected chi connectivity index (χ3v) is 5.31. The second kappa shape index (κ2) is 6.46. The predicted molar refractivity (Wildman–Crippen MR) is 84.1 cm³/mol. The van der Waals surface area contributed by atoms with Gasteiger partial charge in [0, 0.05) is 10.0 Å². The van der Waals surface area contributed by atoms with Crippen molar-refractivity contribution in [3.05, 3.63) is 33.3 Å². The molecule has 0 aromatic heterocycles. The number of carbonyl (C=O) groups excluding carboxylic acids is 1. The van der Waals surface area contributed by atoms with Crippen molar-refractivity contribution >= 4 is 33.4 Å². The molecule has 1 fully saturated rings. The van der Waals surface area contributed by atoms with Crippen molar-refractivity contribution in [2.45, 2.75) is 38.1 Å². The Labute approximate surface area is 132 Å². The van der Waals surface area contributed by atoms with Crippen molar-refractivity contribution in [2.75, 3.05) is 6.61 Å². The van der Waals surface area contributed by atoms with E-state index in [-0.39, 0.29) is 12.5 Å². The first kappa shape index (κ1) is 15.8. The largest absolute Gasteiger partial charge is 0.394 e. The van der Waals surface area contributed by atoms with Crippen molar-refractivity contribution in [1.82, 2.24) is 5.32 Å². The van der Waals surface area contributed by atoms with Gasteiger partial charge in [0.15, 0.2) is 0 Å². The molecule has 0 radical (unpaired) electrons. The van der Waals surface area contributed by atoms with Gasteiger partial charge in [-0.1, -0.05) is 18.5 Å². The molecule has 1 aliphatic rings. The molecule has 0 atom stereocenters. The number of aliphatic hydroxyl groups is 1. The molecule has 0 spiro atoms. The number of nitrogens with one attached hydrogen (secondary N) is 1. The molecular formula is C15H19BrClNO2. The smallest absolute Gasteiger partial charge is 0.251 e. The van der Waals surface area contributed by atoms with Gasteiger partial charge in [0.1, 0.15) is 0 Å². The molecule has 1 aromatic rings. The van der Waals surface area contributed by atoms with Crippen LogP contribution < -0.4 is 5.32 Å². The maximum atomic E-state index is 12.3. The van der Waals surface area contributed by atoms with E-state index in [9.17, 15) is 9.90 Å². The normalized spacial score (nSPS) is 26.3. The van der Waals surface area contributed by atoms with E-state index in [4.69, 9.17) is 11.6 Å². The second-order valence-corrected chi connectivity index (χ2v) is 6.97. The number of aliphatic hydroxyl groups excluding tert-OH is 1. The molecule has 0 heterocycles. The number of halogens is 2. The van der Waals surface area contributed by atoms with Crippen LogP contribution in [0.5, 0.6) is 0 Å². The SMILES string of the molecule is CC1CCC(CO)(NC(=O)c2ccc(Cl)c(Br)c2)CC1. The van der Waals surface area contributed by atoms with E-state index in [2.05, 4.69) is 28.2 Å². The summed E-state index contributed by atoms with van der Waals surface area (Å²) in [7, 11) is 0. The minimum absolute atomic E-state index is 0.0137. The molecule has 1 saturated carbocycles. The Morgan fingerprint density at radius 2 is 2.15 bits per heavy atom. The van der Waals surface area contributed by atoms with Crippen LogP contribution in [0.1, 0.15) is 43.0 Å². The Morgan fingerprint density at radius 1 is 1.50 bits per heavy atom. The van der Waals surface area contributed by atoms with Gasteiger partial charge in [-0.05, 0) is 65.7 Å². The maximum Gasteiger partial charge on any atom is 0.251 e. The molecule has 1 aromatic carbocycles. The standard InChI is InChI=1S/C15H19BrClNO2/c1-10-4-6-15(9-19,7-5-10)18-14(20)11-2-3-13(17)12(16)8-11/h2-3,8,10,19H,4-7,9H2,1H3,(H,18,20). The van der Waals surface area contributed by atoms with Crippen LogP contribution in [0.15, 0.2) is 22.7 Å². The third kappa shape index (κ3) is 3.54. The molecule has 0 unspecified atom stereocenters. The molecular weight excluding hydrogens is 342 g/mol. The van der Waals surface area contributed by atoms with Crippen molar-refractivity contribution < 1.29 is 9.90 Å². The summed E-state index contributed by atoms with van der Waals surface area (Å²) in [4.78, 5) is 12.3. The molecule has 2 N–H and O–H groups in total. The number of hydrogen-bond donors (Lipinski definition) is 2. The highest BCUT2D eigenvalue weighted by molar-refractivity contribution is 9.10. The molecule has 1 amide bonds. The molecule has 20 heavy (non-hydrogen) atoms. The van der Waals surface area contributed by atoms with Crippen LogP contribution in [-0.4, -0.2) is 23.2 Å². The quantitative estimate of drug-likeness (QED) is 0.862. The average molecular weight is 361 g/mol. The van der Waals surface area contributed by atoms with Crippen LogP contribution in [0.4, 0.5) is 0 Å². The first-order chi connectivity index (χ1) is 9.46. The number of benzene rings is 1. The summed E-state index contributed by atoms with van der Waals surface area (Å²) in [6.07, 6.45) is 3.71. The van der Waals surface area contributed by atoms with Gasteiger partial charge in [-0.15, -0.1) is 0 Å². The van der Waals surface area contributed by atoms with Gasteiger partial charge in [-0.3, -0.25) is 4.79 Å². The molecule has 1 aliphatic carbocycles. The van der Waals surface area contributed by atoms with Gasteiger partial charge in [-0.25, -0.2) is 0 Å². The number of rotatable bonds is 3. The minimum Gasteiger partial charge on any atom is -0.394 e. The third-order valence-electron chi connectivity index (χ3n) is 4.09. The van der Waals surface area contributed by atoms with Crippen molar-refractivity contribution in [1.29, 1.82) is 0 Å². The second-order valence-electron chi connectivity index (χ2n) is 5.70. The fraction of sp³-hybridized carbons (Fsp3) is 0.533. The first-order valence-corrected chi connectivity index (χ1v) is 8.01. The Morgan fingerprint density at radius 3 is 2.70 bits per heavy atom.